The SMILES string of the molecule is CCC(C)N1CCNC(CN)C1. The van der Waals surface area contributed by atoms with Gasteiger partial charge < -0.3 is 11.1 Å². The van der Waals surface area contributed by atoms with E-state index in [-0.39, 0.29) is 0 Å². The van der Waals surface area contributed by atoms with Gasteiger partial charge in [0, 0.05) is 38.3 Å². The molecule has 0 aromatic heterocycles. The van der Waals surface area contributed by atoms with Gasteiger partial charge in [-0.05, 0) is 13.3 Å². The summed E-state index contributed by atoms with van der Waals surface area (Å²) < 4.78 is 0. The fourth-order valence-electron chi connectivity index (χ4n) is 1.67. The molecule has 0 amide bonds. The second-order valence-electron chi connectivity index (χ2n) is 3.64. The van der Waals surface area contributed by atoms with E-state index in [9.17, 15) is 0 Å². The van der Waals surface area contributed by atoms with Gasteiger partial charge in [-0.3, -0.25) is 4.90 Å². The van der Waals surface area contributed by atoms with Gasteiger partial charge in [0.15, 0.2) is 0 Å². The molecule has 0 aromatic rings. The minimum atomic E-state index is 0.507. The molecule has 0 saturated carbocycles. The maximum Gasteiger partial charge on any atom is 0.0318 e. The Morgan fingerprint density at radius 2 is 2.42 bits per heavy atom. The molecule has 3 heteroatoms. The molecule has 12 heavy (non-hydrogen) atoms. The Morgan fingerprint density at radius 3 is 3.00 bits per heavy atom. The molecule has 1 fully saturated rings. The van der Waals surface area contributed by atoms with E-state index >= 15 is 0 Å². The predicted molar refractivity (Wildman–Crippen MR) is 52.2 cm³/mol. The summed E-state index contributed by atoms with van der Waals surface area (Å²) in [7, 11) is 0. The summed E-state index contributed by atoms with van der Waals surface area (Å²) in [5.74, 6) is 0. The molecule has 3 nitrogen and oxygen atoms in total. The van der Waals surface area contributed by atoms with E-state index in [1.165, 1.54) is 13.0 Å². The number of nitrogens with one attached hydrogen (secondary N) is 1. The first kappa shape index (κ1) is 9.96. The summed E-state index contributed by atoms with van der Waals surface area (Å²) >= 11 is 0. The van der Waals surface area contributed by atoms with Gasteiger partial charge in [-0.15, -0.1) is 0 Å². The molecule has 0 aliphatic carbocycles. The number of piperazine rings is 1. The maximum atomic E-state index is 5.62. The van der Waals surface area contributed by atoms with Crippen LogP contribution in [0.3, 0.4) is 0 Å². The molecule has 1 aliphatic rings. The fourth-order valence-corrected chi connectivity index (χ4v) is 1.67. The Hall–Kier alpha value is -0.120. The Labute approximate surface area is 75.3 Å². The van der Waals surface area contributed by atoms with Crippen molar-refractivity contribution in [1.82, 2.24) is 10.2 Å². The van der Waals surface area contributed by atoms with Gasteiger partial charge in [-0.2, -0.15) is 0 Å². The second kappa shape index (κ2) is 4.80. The standard InChI is InChI=1S/C9H21N3/c1-3-8(2)12-5-4-11-9(6-10)7-12/h8-9,11H,3-7,10H2,1-2H3. The number of rotatable bonds is 3. The lowest BCUT2D eigenvalue weighted by molar-refractivity contribution is 0.151. The molecule has 1 aliphatic heterocycles. The van der Waals surface area contributed by atoms with E-state index in [1.54, 1.807) is 0 Å². The van der Waals surface area contributed by atoms with Gasteiger partial charge in [0.1, 0.15) is 0 Å². The lowest BCUT2D eigenvalue weighted by Crippen LogP contribution is -2.55. The minimum Gasteiger partial charge on any atom is -0.329 e. The average Bonchev–Trinajstić information content (AvgIpc) is 2.17. The van der Waals surface area contributed by atoms with Crippen molar-refractivity contribution in [3.8, 4) is 0 Å². The predicted octanol–water partition coefficient (Wildman–Crippen LogP) is 0.0174. The molecule has 0 spiro atoms. The second-order valence-corrected chi connectivity index (χ2v) is 3.64. The summed E-state index contributed by atoms with van der Waals surface area (Å²) in [6, 6.07) is 1.22. The summed E-state index contributed by atoms with van der Waals surface area (Å²) in [4.78, 5) is 2.52. The highest BCUT2D eigenvalue weighted by Gasteiger charge is 2.20. The molecular weight excluding hydrogens is 150 g/mol. The molecule has 2 atom stereocenters. The van der Waals surface area contributed by atoms with Crippen LogP contribution in [0, 0.1) is 0 Å². The zero-order valence-electron chi connectivity index (χ0n) is 8.21. The van der Waals surface area contributed by atoms with Crippen molar-refractivity contribution in [1.29, 1.82) is 0 Å². The van der Waals surface area contributed by atoms with Crippen molar-refractivity contribution in [2.45, 2.75) is 32.4 Å². The van der Waals surface area contributed by atoms with Crippen LogP contribution < -0.4 is 11.1 Å². The summed E-state index contributed by atoms with van der Waals surface area (Å²) in [6.45, 7) is 8.67. The van der Waals surface area contributed by atoms with Crippen LogP contribution in [0.4, 0.5) is 0 Å². The zero-order valence-corrected chi connectivity index (χ0v) is 8.21. The highest BCUT2D eigenvalue weighted by Crippen LogP contribution is 2.06. The van der Waals surface area contributed by atoms with Gasteiger partial charge in [0.25, 0.3) is 0 Å². The Kier molecular flexibility index (Phi) is 3.98. The van der Waals surface area contributed by atoms with Crippen LogP contribution in [0.25, 0.3) is 0 Å². The average molecular weight is 171 g/mol. The van der Waals surface area contributed by atoms with E-state index in [2.05, 4.69) is 24.1 Å². The fraction of sp³-hybridized carbons (Fsp3) is 1.00. The largest absolute Gasteiger partial charge is 0.329 e. The number of nitrogens with zero attached hydrogens (tertiary/aromatic N) is 1. The van der Waals surface area contributed by atoms with Gasteiger partial charge in [-0.1, -0.05) is 6.92 Å². The molecule has 1 saturated heterocycles. The molecule has 3 N–H and O–H groups in total. The molecular formula is C9H21N3. The maximum absolute atomic E-state index is 5.62. The van der Waals surface area contributed by atoms with Crippen molar-refractivity contribution >= 4 is 0 Å². The Bertz CT molecular complexity index is 125. The van der Waals surface area contributed by atoms with E-state index < -0.39 is 0 Å². The van der Waals surface area contributed by atoms with Gasteiger partial charge >= 0.3 is 0 Å². The number of nitrogens with two attached hydrogens (primary N) is 1. The lowest BCUT2D eigenvalue weighted by atomic mass is 10.1. The van der Waals surface area contributed by atoms with Crippen LogP contribution in [0.1, 0.15) is 20.3 Å². The minimum absolute atomic E-state index is 0.507. The van der Waals surface area contributed by atoms with Crippen molar-refractivity contribution in [3.63, 3.8) is 0 Å². The van der Waals surface area contributed by atoms with Crippen LogP contribution in [0.2, 0.25) is 0 Å². The van der Waals surface area contributed by atoms with Gasteiger partial charge in [-0.25, -0.2) is 0 Å². The Morgan fingerprint density at radius 1 is 1.67 bits per heavy atom. The first-order valence-corrected chi connectivity index (χ1v) is 4.95. The highest BCUT2D eigenvalue weighted by atomic mass is 15.2. The molecule has 0 aromatic carbocycles. The number of hydrogen-bond acceptors (Lipinski definition) is 3. The van der Waals surface area contributed by atoms with E-state index in [4.69, 9.17) is 5.73 Å². The van der Waals surface area contributed by atoms with Crippen molar-refractivity contribution in [3.05, 3.63) is 0 Å². The first-order chi connectivity index (χ1) is 5.77. The lowest BCUT2D eigenvalue weighted by Gasteiger charge is -2.36. The molecule has 1 rings (SSSR count). The monoisotopic (exact) mass is 171 g/mol. The summed E-state index contributed by atoms with van der Waals surface area (Å²) in [6.07, 6.45) is 1.23. The van der Waals surface area contributed by atoms with Crippen molar-refractivity contribution in [2.75, 3.05) is 26.2 Å². The van der Waals surface area contributed by atoms with Gasteiger partial charge in [0.05, 0.1) is 0 Å². The van der Waals surface area contributed by atoms with Gasteiger partial charge in [0.2, 0.25) is 0 Å². The molecule has 0 radical (unpaired) electrons. The normalized spacial score (nSPS) is 28.8. The van der Waals surface area contributed by atoms with Crippen LogP contribution in [0.15, 0.2) is 0 Å². The van der Waals surface area contributed by atoms with Crippen molar-refractivity contribution < 1.29 is 0 Å². The number of hydrogen-bond donors (Lipinski definition) is 2. The Balaban J connectivity index is 2.34. The molecule has 72 valence electrons. The van der Waals surface area contributed by atoms with E-state index in [0.717, 1.165) is 19.6 Å². The smallest absolute Gasteiger partial charge is 0.0318 e. The third kappa shape index (κ3) is 2.44. The van der Waals surface area contributed by atoms with E-state index in [1.807, 2.05) is 0 Å². The van der Waals surface area contributed by atoms with Crippen LogP contribution in [-0.4, -0.2) is 43.2 Å². The third-order valence-electron chi connectivity index (χ3n) is 2.79. The first-order valence-electron chi connectivity index (χ1n) is 4.95. The van der Waals surface area contributed by atoms with Crippen LogP contribution in [0.5, 0.6) is 0 Å². The molecule has 2 unspecified atom stereocenters. The molecule has 1 heterocycles. The molecule has 0 bridgehead atoms. The van der Waals surface area contributed by atoms with Crippen LogP contribution >= 0.6 is 0 Å². The van der Waals surface area contributed by atoms with Crippen LogP contribution in [-0.2, 0) is 0 Å². The quantitative estimate of drug-likeness (QED) is 0.629. The zero-order chi connectivity index (χ0) is 8.97. The summed E-state index contributed by atoms with van der Waals surface area (Å²) in [5.41, 5.74) is 5.62. The third-order valence-corrected chi connectivity index (χ3v) is 2.79. The topological polar surface area (TPSA) is 41.3 Å². The van der Waals surface area contributed by atoms with Crippen molar-refractivity contribution in [2.24, 2.45) is 5.73 Å². The van der Waals surface area contributed by atoms with E-state index in [0.29, 0.717) is 12.1 Å². The summed E-state index contributed by atoms with van der Waals surface area (Å²) in [5, 5.41) is 3.41. The highest BCUT2D eigenvalue weighted by molar-refractivity contribution is 4.81.